The molecule has 0 spiro atoms. The van der Waals surface area contributed by atoms with E-state index in [-0.39, 0.29) is 17.8 Å². The maximum Gasteiger partial charge on any atom is 0.322 e. The average Bonchev–Trinajstić information content (AvgIpc) is 3.24. The van der Waals surface area contributed by atoms with Crippen LogP contribution < -0.4 is 15.4 Å². The zero-order valence-corrected chi connectivity index (χ0v) is 18.4. The lowest BCUT2D eigenvalue weighted by Crippen LogP contribution is -2.50. The lowest BCUT2D eigenvalue weighted by Gasteiger charge is -2.30. The maximum atomic E-state index is 13.3. The van der Waals surface area contributed by atoms with Crippen molar-refractivity contribution in [2.24, 2.45) is 0 Å². The summed E-state index contributed by atoms with van der Waals surface area (Å²) in [4.78, 5) is 41.8. The Hall–Kier alpha value is -2.77. The number of nitrogens with zero attached hydrogens (tertiary/aromatic N) is 2. The van der Waals surface area contributed by atoms with Gasteiger partial charge in [0.15, 0.2) is 0 Å². The van der Waals surface area contributed by atoms with Crippen LogP contribution in [0.4, 0.5) is 10.5 Å². The van der Waals surface area contributed by atoms with Gasteiger partial charge >= 0.3 is 6.03 Å². The number of rotatable bonds is 4. The molecule has 2 fully saturated rings. The van der Waals surface area contributed by atoms with E-state index in [0.717, 1.165) is 32.1 Å². The molecule has 0 aromatic heterocycles. The predicted molar refractivity (Wildman–Crippen MR) is 119 cm³/mol. The molecule has 8 nitrogen and oxygen atoms in total. The van der Waals surface area contributed by atoms with Gasteiger partial charge in [0.25, 0.3) is 0 Å². The highest BCUT2D eigenvalue weighted by molar-refractivity contribution is 5.95. The van der Waals surface area contributed by atoms with Crippen molar-refractivity contribution in [3.63, 3.8) is 0 Å². The van der Waals surface area contributed by atoms with Gasteiger partial charge in [0.05, 0.1) is 12.3 Å². The average molecular weight is 431 g/mol. The second-order valence-electron chi connectivity index (χ2n) is 8.05. The van der Waals surface area contributed by atoms with E-state index >= 15 is 0 Å². The van der Waals surface area contributed by atoms with Crippen LogP contribution in [0.15, 0.2) is 24.3 Å². The summed E-state index contributed by atoms with van der Waals surface area (Å²) in [5.41, 5.74) is 0.597. The largest absolute Gasteiger partial charge is 0.492 e. The van der Waals surface area contributed by atoms with Gasteiger partial charge in [0.1, 0.15) is 11.8 Å². The molecular weight excluding hydrogens is 396 g/mol. The zero-order chi connectivity index (χ0) is 22.1. The maximum absolute atomic E-state index is 13.3. The van der Waals surface area contributed by atoms with Crippen LogP contribution in [-0.4, -0.2) is 66.5 Å². The van der Waals surface area contributed by atoms with E-state index in [2.05, 4.69) is 10.6 Å². The fourth-order valence-corrected chi connectivity index (χ4v) is 4.18. The molecule has 2 heterocycles. The van der Waals surface area contributed by atoms with Gasteiger partial charge in [-0.25, -0.2) is 4.79 Å². The number of likely N-dealkylation sites (tertiary alicyclic amines) is 1. The molecule has 8 heteroatoms. The summed E-state index contributed by atoms with van der Waals surface area (Å²) in [5.74, 6) is 0.532. The molecule has 4 amide bonds. The molecule has 3 rings (SSSR count). The Morgan fingerprint density at radius 2 is 1.90 bits per heavy atom. The van der Waals surface area contributed by atoms with Gasteiger partial charge in [-0.15, -0.1) is 0 Å². The molecule has 0 aliphatic carbocycles. The van der Waals surface area contributed by atoms with Gasteiger partial charge < -0.3 is 25.2 Å². The minimum atomic E-state index is -0.493. The van der Waals surface area contributed by atoms with E-state index in [9.17, 15) is 14.4 Å². The Balaban J connectivity index is 1.67. The number of benzene rings is 1. The summed E-state index contributed by atoms with van der Waals surface area (Å²) in [7, 11) is 0. The first-order chi connectivity index (χ1) is 15.1. The molecule has 1 atom stereocenters. The molecule has 0 unspecified atom stereocenters. The first-order valence-corrected chi connectivity index (χ1v) is 11.4. The topological polar surface area (TPSA) is 91.0 Å². The van der Waals surface area contributed by atoms with Crippen molar-refractivity contribution in [1.82, 2.24) is 15.1 Å². The molecule has 1 aromatic rings. The number of carbonyl (C=O) groups is 3. The molecule has 2 N–H and O–H groups in total. The van der Waals surface area contributed by atoms with E-state index < -0.39 is 6.04 Å². The summed E-state index contributed by atoms with van der Waals surface area (Å²) in [6.07, 6.45) is 5.68. The van der Waals surface area contributed by atoms with E-state index in [4.69, 9.17) is 4.74 Å². The fraction of sp³-hybridized carbons (Fsp3) is 0.609. The molecule has 0 saturated carbocycles. The van der Waals surface area contributed by atoms with E-state index in [0.29, 0.717) is 57.1 Å². The summed E-state index contributed by atoms with van der Waals surface area (Å²) in [6.45, 7) is 4.65. The molecular formula is C23H34N4O4. The Kier molecular flexibility index (Phi) is 8.55. The fourth-order valence-electron chi connectivity index (χ4n) is 4.18. The van der Waals surface area contributed by atoms with Crippen molar-refractivity contribution in [1.29, 1.82) is 0 Å². The minimum Gasteiger partial charge on any atom is -0.492 e. The second kappa shape index (κ2) is 11.6. The summed E-state index contributed by atoms with van der Waals surface area (Å²) >= 11 is 0. The van der Waals surface area contributed by atoms with Crippen LogP contribution in [-0.2, 0) is 9.59 Å². The van der Waals surface area contributed by atoms with Crippen LogP contribution >= 0.6 is 0 Å². The molecule has 170 valence electrons. The molecule has 2 aliphatic heterocycles. The molecule has 0 bridgehead atoms. The monoisotopic (exact) mass is 430 g/mol. The number of hydrogen-bond donors (Lipinski definition) is 2. The number of hydrogen-bond acceptors (Lipinski definition) is 4. The predicted octanol–water partition coefficient (Wildman–Crippen LogP) is 2.99. The van der Waals surface area contributed by atoms with Gasteiger partial charge in [0.2, 0.25) is 11.8 Å². The lowest BCUT2D eigenvalue weighted by atomic mass is 10.1. The van der Waals surface area contributed by atoms with Crippen molar-refractivity contribution in [2.75, 3.05) is 38.1 Å². The Labute approximate surface area is 184 Å². The third-order valence-corrected chi connectivity index (χ3v) is 5.82. The van der Waals surface area contributed by atoms with Crippen LogP contribution in [0.1, 0.15) is 51.9 Å². The van der Waals surface area contributed by atoms with Crippen LogP contribution in [0.5, 0.6) is 5.75 Å². The molecule has 2 saturated heterocycles. The third-order valence-electron chi connectivity index (χ3n) is 5.82. The number of carbonyl (C=O) groups excluding carboxylic acids is 3. The number of nitrogens with one attached hydrogen (secondary N) is 2. The van der Waals surface area contributed by atoms with Gasteiger partial charge in [-0.05, 0) is 44.7 Å². The minimum absolute atomic E-state index is 0.0201. The van der Waals surface area contributed by atoms with Gasteiger partial charge in [-0.3, -0.25) is 9.59 Å². The van der Waals surface area contributed by atoms with Crippen molar-refractivity contribution in [2.45, 2.75) is 57.9 Å². The SMILES string of the molecule is CCOc1ccccc1NC(=O)N1CCC[C@H]1C(=O)N1CCCCCCNC(=O)CC1. The Bertz CT molecular complexity index is 770. The quantitative estimate of drug-likeness (QED) is 0.768. The number of amides is 4. The van der Waals surface area contributed by atoms with Crippen LogP contribution in [0.25, 0.3) is 0 Å². The van der Waals surface area contributed by atoms with Crippen LogP contribution in [0.2, 0.25) is 0 Å². The van der Waals surface area contributed by atoms with E-state index in [1.54, 1.807) is 15.9 Å². The van der Waals surface area contributed by atoms with Gasteiger partial charge in [-0.2, -0.15) is 0 Å². The van der Waals surface area contributed by atoms with Gasteiger partial charge in [0, 0.05) is 32.6 Å². The summed E-state index contributed by atoms with van der Waals surface area (Å²) < 4.78 is 5.59. The highest BCUT2D eigenvalue weighted by Gasteiger charge is 2.36. The smallest absolute Gasteiger partial charge is 0.322 e. The van der Waals surface area contributed by atoms with E-state index in [1.807, 2.05) is 25.1 Å². The Morgan fingerprint density at radius 3 is 2.74 bits per heavy atom. The molecule has 31 heavy (non-hydrogen) atoms. The first-order valence-electron chi connectivity index (χ1n) is 11.4. The Morgan fingerprint density at radius 1 is 1.10 bits per heavy atom. The number of para-hydroxylation sites is 2. The van der Waals surface area contributed by atoms with Crippen molar-refractivity contribution in [3.8, 4) is 5.75 Å². The van der Waals surface area contributed by atoms with Crippen molar-refractivity contribution >= 4 is 23.5 Å². The second-order valence-corrected chi connectivity index (χ2v) is 8.05. The van der Waals surface area contributed by atoms with Gasteiger partial charge in [-0.1, -0.05) is 25.0 Å². The number of urea groups is 1. The zero-order valence-electron chi connectivity index (χ0n) is 18.4. The number of anilines is 1. The highest BCUT2D eigenvalue weighted by atomic mass is 16.5. The molecule has 0 radical (unpaired) electrons. The highest BCUT2D eigenvalue weighted by Crippen LogP contribution is 2.26. The van der Waals surface area contributed by atoms with Crippen LogP contribution in [0.3, 0.4) is 0 Å². The number of ether oxygens (including phenoxy) is 1. The normalized spacial score (nSPS) is 20.5. The lowest BCUT2D eigenvalue weighted by molar-refractivity contribution is -0.135. The van der Waals surface area contributed by atoms with Crippen molar-refractivity contribution in [3.05, 3.63) is 24.3 Å². The first kappa shape index (κ1) is 22.9. The molecule has 2 aliphatic rings. The summed E-state index contributed by atoms with van der Waals surface area (Å²) in [6, 6.07) is 6.51. The van der Waals surface area contributed by atoms with Crippen molar-refractivity contribution < 1.29 is 19.1 Å². The van der Waals surface area contributed by atoms with Crippen LogP contribution in [0, 0.1) is 0 Å². The molecule has 1 aromatic carbocycles. The standard InChI is InChI=1S/C23H34N4O4/c1-2-31-20-12-6-5-10-18(20)25-23(30)27-16-9-11-19(27)22(29)26-15-8-4-3-7-14-24-21(28)13-17-26/h5-6,10,12,19H,2-4,7-9,11,13-17H2,1H3,(H,24,28)(H,25,30)/t19-/m0/s1. The summed E-state index contributed by atoms with van der Waals surface area (Å²) in [5, 5.41) is 5.82. The third kappa shape index (κ3) is 6.35. The van der Waals surface area contributed by atoms with E-state index in [1.165, 1.54) is 0 Å².